The number of hydrogen-bond donors (Lipinski definition) is 1. The summed E-state index contributed by atoms with van der Waals surface area (Å²) in [5.74, 6) is 1.89. The van der Waals surface area contributed by atoms with Gasteiger partial charge in [-0.05, 0) is 36.1 Å². The molecule has 21 heavy (non-hydrogen) atoms. The van der Waals surface area contributed by atoms with E-state index in [1.807, 2.05) is 12.1 Å². The molecule has 0 spiro atoms. The van der Waals surface area contributed by atoms with E-state index in [-0.39, 0.29) is 0 Å². The number of aryl methyl sites for hydroxylation is 1. The maximum atomic E-state index is 5.91. The number of ether oxygens (including phenoxy) is 1. The number of hydrogen-bond acceptors (Lipinski definition) is 4. The van der Waals surface area contributed by atoms with E-state index in [0.717, 1.165) is 10.8 Å². The minimum Gasteiger partial charge on any atom is -0.476 e. The second-order valence-electron chi connectivity index (χ2n) is 5.46. The highest BCUT2D eigenvalue weighted by Gasteiger charge is 2.07. The van der Waals surface area contributed by atoms with Crippen molar-refractivity contribution < 1.29 is 4.74 Å². The van der Waals surface area contributed by atoms with Crippen LogP contribution in [0.5, 0.6) is 5.88 Å². The quantitative estimate of drug-likeness (QED) is 0.808. The third-order valence-electron chi connectivity index (χ3n) is 3.05. The molecule has 2 aromatic rings. The van der Waals surface area contributed by atoms with Crippen LogP contribution in [-0.4, -0.2) is 11.6 Å². The van der Waals surface area contributed by atoms with E-state index >= 15 is 0 Å². The van der Waals surface area contributed by atoms with Crippen LogP contribution < -0.4 is 10.5 Å². The largest absolute Gasteiger partial charge is 0.476 e. The minimum atomic E-state index is 0.453. The summed E-state index contributed by atoms with van der Waals surface area (Å²) in [7, 11) is 0. The molecule has 0 aliphatic rings. The average molecular weight is 302 g/mol. The van der Waals surface area contributed by atoms with Crippen LogP contribution in [0.2, 0.25) is 0 Å². The van der Waals surface area contributed by atoms with E-state index in [1.165, 1.54) is 11.1 Å². The number of anilines is 1. The Morgan fingerprint density at radius 1 is 1.19 bits per heavy atom. The van der Waals surface area contributed by atoms with Crippen LogP contribution in [0, 0.1) is 12.8 Å². The van der Waals surface area contributed by atoms with Crippen molar-refractivity contribution in [1.82, 2.24) is 4.98 Å². The fourth-order valence-corrected chi connectivity index (χ4v) is 2.74. The van der Waals surface area contributed by atoms with Gasteiger partial charge in [0, 0.05) is 5.75 Å². The van der Waals surface area contributed by atoms with Gasteiger partial charge in [-0.1, -0.05) is 38.1 Å². The summed E-state index contributed by atoms with van der Waals surface area (Å²) < 4.78 is 5.67. The zero-order valence-corrected chi connectivity index (χ0v) is 13.6. The number of rotatable bonds is 6. The number of nitrogen functional groups attached to an aromatic ring is 1. The third kappa shape index (κ3) is 4.67. The molecule has 2 N–H and O–H groups in total. The molecule has 0 atom stereocenters. The molecule has 0 saturated heterocycles. The van der Waals surface area contributed by atoms with Crippen molar-refractivity contribution in [2.45, 2.75) is 31.6 Å². The minimum absolute atomic E-state index is 0.453. The predicted molar refractivity (Wildman–Crippen MR) is 89.7 cm³/mol. The van der Waals surface area contributed by atoms with E-state index in [0.29, 0.717) is 24.1 Å². The Kier molecular flexibility index (Phi) is 5.51. The highest BCUT2D eigenvalue weighted by atomic mass is 32.2. The van der Waals surface area contributed by atoms with Gasteiger partial charge in [0.05, 0.1) is 12.3 Å². The Balaban J connectivity index is 2.03. The summed E-state index contributed by atoms with van der Waals surface area (Å²) in [4.78, 5) is 4.50. The Morgan fingerprint density at radius 2 is 1.95 bits per heavy atom. The average Bonchev–Trinajstić information content (AvgIpc) is 2.46. The van der Waals surface area contributed by atoms with Gasteiger partial charge in [-0.25, -0.2) is 4.98 Å². The Bertz CT molecular complexity index is 599. The molecule has 1 aromatic heterocycles. The van der Waals surface area contributed by atoms with Crippen LogP contribution in [0.3, 0.4) is 0 Å². The standard InChI is InChI=1S/C17H22N2OS/c1-12(2)10-20-17-15(18)8-9-16(19-17)21-11-14-7-5-4-6-13(14)3/h4-9,12H,10-11,18H2,1-3H3. The second kappa shape index (κ2) is 7.36. The van der Waals surface area contributed by atoms with Crippen molar-refractivity contribution in [2.75, 3.05) is 12.3 Å². The summed E-state index contributed by atoms with van der Waals surface area (Å²) in [6.45, 7) is 6.96. The monoisotopic (exact) mass is 302 g/mol. The normalized spacial score (nSPS) is 10.9. The third-order valence-corrected chi connectivity index (χ3v) is 4.03. The summed E-state index contributed by atoms with van der Waals surface area (Å²) in [5.41, 5.74) is 9.13. The Hall–Kier alpha value is -1.68. The van der Waals surface area contributed by atoms with Crippen LogP contribution in [0.15, 0.2) is 41.4 Å². The molecule has 4 heteroatoms. The van der Waals surface area contributed by atoms with E-state index < -0.39 is 0 Å². The molecule has 1 aromatic carbocycles. The van der Waals surface area contributed by atoms with Crippen LogP contribution >= 0.6 is 11.8 Å². The van der Waals surface area contributed by atoms with E-state index in [1.54, 1.807) is 11.8 Å². The highest BCUT2D eigenvalue weighted by Crippen LogP contribution is 2.27. The molecule has 0 radical (unpaired) electrons. The lowest BCUT2D eigenvalue weighted by Gasteiger charge is -2.11. The molecule has 0 aliphatic heterocycles. The smallest absolute Gasteiger partial charge is 0.238 e. The molecule has 0 fully saturated rings. The van der Waals surface area contributed by atoms with Crippen molar-refractivity contribution in [3.8, 4) is 5.88 Å². The number of nitrogens with zero attached hydrogens (tertiary/aromatic N) is 1. The first-order valence-electron chi connectivity index (χ1n) is 7.13. The summed E-state index contributed by atoms with van der Waals surface area (Å²) in [5, 5.41) is 0.936. The topological polar surface area (TPSA) is 48.1 Å². The van der Waals surface area contributed by atoms with Gasteiger partial charge in [0.2, 0.25) is 5.88 Å². The van der Waals surface area contributed by atoms with Crippen molar-refractivity contribution in [2.24, 2.45) is 5.92 Å². The summed E-state index contributed by atoms with van der Waals surface area (Å²) >= 11 is 1.70. The Morgan fingerprint density at radius 3 is 2.67 bits per heavy atom. The fraction of sp³-hybridized carbons (Fsp3) is 0.353. The molecular formula is C17H22N2OS. The first kappa shape index (κ1) is 15.7. The molecule has 0 saturated carbocycles. The predicted octanol–water partition coefficient (Wildman–Crippen LogP) is 4.30. The number of nitrogens with two attached hydrogens (primary N) is 1. The van der Waals surface area contributed by atoms with Crippen molar-refractivity contribution in [1.29, 1.82) is 0 Å². The molecule has 1 heterocycles. The number of pyridine rings is 1. The molecule has 0 bridgehead atoms. The van der Waals surface area contributed by atoms with Gasteiger partial charge in [-0.2, -0.15) is 0 Å². The van der Waals surface area contributed by atoms with Crippen LogP contribution in [0.25, 0.3) is 0 Å². The lowest BCUT2D eigenvalue weighted by Crippen LogP contribution is -2.07. The number of thioether (sulfide) groups is 1. The zero-order chi connectivity index (χ0) is 15.2. The number of benzene rings is 1. The van der Waals surface area contributed by atoms with Gasteiger partial charge in [-0.3, -0.25) is 0 Å². The number of aromatic nitrogens is 1. The van der Waals surface area contributed by atoms with Gasteiger partial charge in [0.15, 0.2) is 0 Å². The molecular weight excluding hydrogens is 280 g/mol. The van der Waals surface area contributed by atoms with E-state index in [2.05, 4.69) is 50.0 Å². The second-order valence-corrected chi connectivity index (χ2v) is 6.46. The van der Waals surface area contributed by atoms with Crippen molar-refractivity contribution in [3.05, 3.63) is 47.5 Å². The van der Waals surface area contributed by atoms with Gasteiger partial charge >= 0.3 is 0 Å². The van der Waals surface area contributed by atoms with Gasteiger partial charge < -0.3 is 10.5 Å². The van der Waals surface area contributed by atoms with Crippen molar-refractivity contribution in [3.63, 3.8) is 0 Å². The molecule has 2 rings (SSSR count). The lowest BCUT2D eigenvalue weighted by atomic mass is 10.1. The fourth-order valence-electron chi connectivity index (χ4n) is 1.80. The first-order valence-corrected chi connectivity index (χ1v) is 8.11. The molecule has 0 unspecified atom stereocenters. The summed E-state index contributed by atoms with van der Waals surface area (Å²) in [6, 6.07) is 12.2. The van der Waals surface area contributed by atoms with Gasteiger partial charge in [0.25, 0.3) is 0 Å². The first-order chi connectivity index (χ1) is 10.1. The zero-order valence-electron chi connectivity index (χ0n) is 12.8. The van der Waals surface area contributed by atoms with Crippen molar-refractivity contribution >= 4 is 17.4 Å². The molecule has 3 nitrogen and oxygen atoms in total. The lowest BCUT2D eigenvalue weighted by molar-refractivity contribution is 0.261. The highest BCUT2D eigenvalue weighted by molar-refractivity contribution is 7.98. The van der Waals surface area contributed by atoms with Crippen LogP contribution in [-0.2, 0) is 5.75 Å². The SMILES string of the molecule is Cc1ccccc1CSc1ccc(N)c(OCC(C)C)n1. The summed E-state index contributed by atoms with van der Waals surface area (Å²) in [6.07, 6.45) is 0. The molecule has 0 amide bonds. The maximum absolute atomic E-state index is 5.91. The van der Waals surface area contributed by atoms with Gasteiger partial charge in [0.1, 0.15) is 5.03 Å². The van der Waals surface area contributed by atoms with Crippen LogP contribution in [0.1, 0.15) is 25.0 Å². The maximum Gasteiger partial charge on any atom is 0.238 e. The van der Waals surface area contributed by atoms with Crippen LogP contribution in [0.4, 0.5) is 5.69 Å². The Labute approximate surface area is 130 Å². The van der Waals surface area contributed by atoms with E-state index in [9.17, 15) is 0 Å². The molecule has 0 aliphatic carbocycles. The van der Waals surface area contributed by atoms with Gasteiger partial charge in [-0.15, -0.1) is 11.8 Å². The van der Waals surface area contributed by atoms with E-state index in [4.69, 9.17) is 10.5 Å². The molecule has 112 valence electrons.